The Bertz CT molecular complexity index is 726. The zero-order valence-electron chi connectivity index (χ0n) is 13.3. The van der Waals surface area contributed by atoms with Crippen LogP contribution >= 0.6 is 11.6 Å². The van der Waals surface area contributed by atoms with Crippen molar-refractivity contribution >= 4 is 17.5 Å². The van der Waals surface area contributed by atoms with E-state index >= 15 is 0 Å². The van der Waals surface area contributed by atoms with Crippen LogP contribution in [0, 0.1) is 0 Å². The molecular weight excluding hydrogens is 330 g/mol. The van der Waals surface area contributed by atoms with Crippen molar-refractivity contribution in [3.63, 3.8) is 0 Å². The predicted molar refractivity (Wildman–Crippen MR) is 89.4 cm³/mol. The maximum Gasteiger partial charge on any atom is 0.235 e. The Labute approximate surface area is 145 Å². The van der Waals surface area contributed by atoms with Crippen LogP contribution in [0.5, 0.6) is 11.8 Å². The fourth-order valence-corrected chi connectivity index (χ4v) is 2.83. The van der Waals surface area contributed by atoms with Crippen LogP contribution in [0.4, 0.5) is 0 Å². The lowest BCUT2D eigenvalue weighted by Crippen LogP contribution is -2.32. The molecule has 1 aliphatic rings. The van der Waals surface area contributed by atoms with E-state index in [2.05, 4.69) is 9.97 Å². The lowest BCUT2D eigenvalue weighted by Gasteiger charge is -2.17. The van der Waals surface area contributed by atoms with E-state index in [9.17, 15) is 4.79 Å². The summed E-state index contributed by atoms with van der Waals surface area (Å²) >= 11 is 6.12. The summed E-state index contributed by atoms with van der Waals surface area (Å²) in [5.41, 5.74) is 0.840. The van der Waals surface area contributed by atoms with Gasteiger partial charge in [0.15, 0.2) is 0 Å². The van der Waals surface area contributed by atoms with Crippen molar-refractivity contribution in [2.75, 3.05) is 20.2 Å². The third-order valence-electron chi connectivity index (χ3n) is 3.88. The second-order valence-electron chi connectivity index (χ2n) is 5.54. The molecule has 1 saturated heterocycles. The smallest absolute Gasteiger partial charge is 0.235 e. The van der Waals surface area contributed by atoms with Gasteiger partial charge in [-0.1, -0.05) is 29.8 Å². The van der Waals surface area contributed by atoms with Crippen LogP contribution in [0.3, 0.4) is 0 Å². The summed E-state index contributed by atoms with van der Waals surface area (Å²) in [5.74, 6) is 0.850. The minimum absolute atomic E-state index is 0.0472. The quantitative estimate of drug-likeness (QED) is 0.830. The molecule has 0 saturated carbocycles. The highest BCUT2D eigenvalue weighted by Gasteiger charge is 2.28. The minimum Gasteiger partial charge on any atom is -0.480 e. The lowest BCUT2D eigenvalue weighted by atomic mass is 10.1. The molecule has 1 aromatic carbocycles. The molecule has 1 atom stereocenters. The summed E-state index contributed by atoms with van der Waals surface area (Å²) in [6.07, 6.45) is 4.01. The van der Waals surface area contributed by atoms with Gasteiger partial charge in [0.05, 0.1) is 32.5 Å². The molecule has 2 aromatic rings. The molecule has 0 bridgehead atoms. The topological polar surface area (TPSA) is 64.6 Å². The van der Waals surface area contributed by atoms with Gasteiger partial charge in [0.1, 0.15) is 6.10 Å². The lowest BCUT2D eigenvalue weighted by molar-refractivity contribution is -0.129. The molecule has 3 rings (SSSR count). The van der Waals surface area contributed by atoms with Gasteiger partial charge in [0, 0.05) is 18.0 Å². The summed E-state index contributed by atoms with van der Waals surface area (Å²) in [6, 6.07) is 7.40. The molecule has 0 aliphatic carbocycles. The molecule has 0 radical (unpaired) electrons. The Morgan fingerprint density at radius 3 is 2.92 bits per heavy atom. The molecule has 1 amide bonds. The number of halogens is 1. The van der Waals surface area contributed by atoms with E-state index in [1.54, 1.807) is 11.0 Å². The molecule has 1 aromatic heterocycles. The fourth-order valence-electron chi connectivity index (χ4n) is 2.62. The number of aromatic nitrogens is 2. The molecule has 2 heterocycles. The first-order valence-electron chi connectivity index (χ1n) is 7.69. The SMILES string of the molecule is COc1cncc(OC2CCN(C(=O)Cc3ccccc3Cl)C2)n1. The molecule has 1 fully saturated rings. The number of carbonyl (C=O) groups excluding carboxylic acids is 1. The van der Waals surface area contributed by atoms with Gasteiger partial charge in [-0.05, 0) is 11.6 Å². The van der Waals surface area contributed by atoms with E-state index in [-0.39, 0.29) is 12.0 Å². The minimum atomic E-state index is -0.0957. The summed E-state index contributed by atoms with van der Waals surface area (Å²) in [4.78, 5) is 22.4. The summed E-state index contributed by atoms with van der Waals surface area (Å²) in [6.45, 7) is 1.19. The number of hydrogen-bond acceptors (Lipinski definition) is 5. The van der Waals surface area contributed by atoms with E-state index in [0.717, 1.165) is 12.0 Å². The second kappa shape index (κ2) is 7.49. The number of hydrogen-bond donors (Lipinski definition) is 0. The third-order valence-corrected chi connectivity index (χ3v) is 4.25. The number of nitrogens with zero attached hydrogens (tertiary/aromatic N) is 3. The highest BCUT2D eigenvalue weighted by Crippen LogP contribution is 2.20. The Hall–Kier alpha value is -2.34. The number of likely N-dealkylation sites (tertiary alicyclic amines) is 1. The van der Waals surface area contributed by atoms with E-state index in [1.165, 1.54) is 19.5 Å². The zero-order valence-corrected chi connectivity index (χ0v) is 14.1. The van der Waals surface area contributed by atoms with E-state index in [1.807, 2.05) is 18.2 Å². The predicted octanol–water partition coefficient (Wildman–Crippen LogP) is 2.36. The van der Waals surface area contributed by atoms with Crippen molar-refractivity contribution in [3.8, 4) is 11.8 Å². The van der Waals surface area contributed by atoms with Gasteiger partial charge in [-0.15, -0.1) is 0 Å². The summed E-state index contributed by atoms with van der Waals surface area (Å²) in [5, 5.41) is 0.615. The molecule has 1 unspecified atom stereocenters. The number of methoxy groups -OCH3 is 1. The number of benzene rings is 1. The first kappa shape index (κ1) is 16.5. The van der Waals surface area contributed by atoms with Crippen molar-refractivity contribution in [2.45, 2.75) is 18.9 Å². The summed E-state index contributed by atoms with van der Waals surface area (Å²) in [7, 11) is 1.53. The van der Waals surface area contributed by atoms with Crippen molar-refractivity contribution in [1.82, 2.24) is 14.9 Å². The molecule has 24 heavy (non-hydrogen) atoms. The molecule has 7 heteroatoms. The standard InChI is InChI=1S/C17H18ClN3O3/c1-23-15-9-19-10-16(20-15)24-13-6-7-21(11-13)17(22)8-12-4-2-3-5-14(12)18/h2-5,9-10,13H,6-8,11H2,1H3. The van der Waals surface area contributed by atoms with Crippen LogP contribution in [0.25, 0.3) is 0 Å². The van der Waals surface area contributed by atoms with Gasteiger partial charge < -0.3 is 14.4 Å². The van der Waals surface area contributed by atoms with Crippen molar-refractivity contribution in [2.24, 2.45) is 0 Å². The number of amides is 1. The number of ether oxygens (including phenoxy) is 2. The Balaban J connectivity index is 1.56. The van der Waals surface area contributed by atoms with Gasteiger partial charge in [-0.25, -0.2) is 0 Å². The molecule has 0 spiro atoms. The molecule has 6 nitrogen and oxygen atoms in total. The average Bonchev–Trinajstić information content (AvgIpc) is 3.06. The van der Waals surface area contributed by atoms with Gasteiger partial charge in [-0.3, -0.25) is 9.78 Å². The molecular formula is C17H18ClN3O3. The Kier molecular flexibility index (Phi) is 5.15. The second-order valence-corrected chi connectivity index (χ2v) is 5.94. The van der Waals surface area contributed by atoms with Crippen LogP contribution < -0.4 is 9.47 Å². The van der Waals surface area contributed by atoms with Crippen LogP contribution in [0.15, 0.2) is 36.7 Å². The summed E-state index contributed by atoms with van der Waals surface area (Å²) < 4.78 is 10.8. The highest BCUT2D eigenvalue weighted by molar-refractivity contribution is 6.31. The number of rotatable bonds is 5. The fraction of sp³-hybridized carbons (Fsp3) is 0.353. The normalized spacial score (nSPS) is 16.9. The van der Waals surface area contributed by atoms with Crippen LogP contribution in [-0.4, -0.2) is 47.1 Å². The Morgan fingerprint density at radius 2 is 2.12 bits per heavy atom. The van der Waals surface area contributed by atoms with E-state index in [0.29, 0.717) is 36.3 Å². The van der Waals surface area contributed by atoms with Gasteiger partial charge in [0.2, 0.25) is 17.7 Å². The van der Waals surface area contributed by atoms with E-state index in [4.69, 9.17) is 21.1 Å². The zero-order chi connectivity index (χ0) is 16.9. The van der Waals surface area contributed by atoms with Gasteiger partial charge in [0.25, 0.3) is 0 Å². The largest absolute Gasteiger partial charge is 0.480 e. The third kappa shape index (κ3) is 3.94. The van der Waals surface area contributed by atoms with Gasteiger partial charge in [-0.2, -0.15) is 4.98 Å². The number of carbonyl (C=O) groups is 1. The first-order valence-corrected chi connectivity index (χ1v) is 8.07. The maximum atomic E-state index is 12.4. The van der Waals surface area contributed by atoms with E-state index < -0.39 is 0 Å². The Morgan fingerprint density at radius 1 is 1.33 bits per heavy atom. The maximum absolute atomic E-state index is 12.4. The molecule has 126 valence electrons. The van der Waals surface area contributed by atoms with Crippen LogP contribution in [0.1, 0.15) is 12.0 Å². The first-order chi connectivity index (χ1) is 11.7. The highest BCUT2D eigenvalue weighted by atomic mass is 35.5. The monoisotopic (exact) mass is 347 g/mol. The van der Waals surface area contributed by atoms with Crippen LogP contribution in [0.2, 0.25) is 5.02 Å². The van der Waals surface area contributed by atoms with Crippen molar-refractivity contribution in [3.05, 3.63) is 47.2 Å². The average molecular weight is 348 g/mol. The van der Waals surface area contributed by atoms with Crippen molar-refractivity contribution in [1.29, 1.82) is 0 Å². The van der Waals surface area contributed by atoms with Gasteiger partial charge >= 0.3 is 0 Å². The van der Waals surface area contributed by atoms with Crippen LogP contribution in [-0.2, 0) is 11.2 Å². The molecule has 0 N–H and O–H groups in total. The molecule has 1 aliphatic heterocycles. The van der Waals surface area contributed by atoms with Crippen molar-refractivity contribution < 1.29 is 14.3 Å².